The molecule has 1 N–H and O–H groups in total. The second-order valence-electron chi connectivity index (χ2n) is 7.88. The number of nitrogens with zero attached hydrogens (tertiary/aromatic N) is 2. The standard InChI is InChI=1S/C21H29N3O3/c1-27-21(9-11-22-12-10-21)20(26)23-13-6-17(7-14-23)19(25)24-15-8-16-4-2-3-5-18(16)24/h2-5,17,22H,6-15H2,1H3. The van der Waals surface area contributed by atoms with Crippen LogP contribution in [0.5, 0.6) is 0 Å². The second kappa shape index (κ2) is 7.60. The summed E-state index contributed by atoms with van der Waals surface area (Å²) < 4.78 is 5.68. The minimum atomic E-state index is -0.685. The van der Waals surface area contributed by atoms with E-state index >= 15 is 0 Å². The van der Waals surface area contributed by atoms with E-state index in [-0.39, 0.29) is 17.7 Å². The number of anilines is 1. The van der Waals surface area contributed by atoms with E-state index in [0.717, 1.165) is 44.6 Å². The summed E-state index contributed by atoms with van der Waals surface area (Å²) in [6.45, 7) is 3.68. The Morgan fingerprint density at radius 2 is 1.81 bits per heavy atom. The molecule has 0 atom stereocenters. The number of piperidine rings is 2. The lowest BCUT2D eigenvalue weighted by Crippen LogP contribution is -2.57. The second-order valence-corrected chi connectivity index (χ2v) is 7.88. The maximum atomic E-state index is 13.1. The highest BCUT2D eigenvalue weighted by Gasteiger charge is 2.44. The van der Waals surface area contributed by atoms with Gasteiger partial charge in [-0.2, -0.15) is 0 Å². The van der Waals surface area contributed by atoms with Gasteiger partial charge in [0.15, 0.2) is 0 Å². The van der Waals surface area contributed by atoms with Crippen LogP contribution in [0.3, 0.4) is 0 Å². The Morgan fingerprint density at radius 3 is 2.52 bits per heavy atom. The van der Waals surface area contributed by atoms with Crippen molar-refractivity contribution in [2.75, 3.05) is 44.7 Å². The van der Waals surface area contributed by atoms with Crippen molar-refractivity contribution in [2.24, 2.45) is 5.92 Å². The molecule has 3 aliphatic rings. The SMILES string of the molecule is COC1(C(=O)N2CCC(C(=O)N3CCc4ccccc43)CC2)CCNCC1. The predicted octanol–water partition coefficient (Wildman–Crippen LogP) is 1.58. The molecule has 0 saturated carbocycles. The summed E-state index contributed by atoms with van der Waals surface area (Å²) in [5.74, 6) is 0.325. The zero-order valence-corrected chi connectivity index (χ0v) is 16.1. The number of hydrogen-bond acceptors (Lipinski definition) is 4. The zero-order valence-electron chi connectivity index (χ0n) is 16.1. The van der Waals surface area contributed by atoms with Crippen molar-refractivity contribution in [1.29, 1.82) is 0 Å². The molecule has 1 aromatic rings. The fourth-order valence-corrected chi connectivity index (χ4v) is 4.74. The molecule has 0 unspecified atom stereocenters. The number of methoxy groups -OCH3 is 1. The molecular formula is C21H29N3O3. The highest BCUT2D eigenvalue weighted by atomic mass is 16.5. The highest BCUT2D eigenvalue weighted by Crippen LogP contribution is 2.32. The van der Waals surface area contributed by atoms with Gasteiger partial charge in [-0.15, -0.1) is 0 Å². The summed E-state index contributed by atoms with van der Waals surface area (Å²) in [6, 6.07) is 8.17. The van der Waals surface area contributed by atoms with Gasteiger partial charge in [0.05, 0.1) is 0 Å². The van der Waals surface area contributed by atoms with E-state index in [4.69, 9.17) is 4.74 Å². The fourth-order valence-electron chi connectivity index (χ4n) is 4.74. The number of carbonyl (C=O) groups excluding carboxylic acids is 2. The average molecular weight is 371 g/mol. The van der Waals surface area contributed by atoms with Crippen molar-refractivity contribution in [3.05, 3.63) is 29.8 Å². The van der Waals surface area contributed by atoms with Crippen molar-refractivity contribution in [1.82, 2.24) is 10.2 Å². The first-order chi connectivity index (χ1) is 13.1. The van der Waals surface area contributed by atoms with E-state index in [9.17, 15) is 9.59 Å². The molecule has 2 saturated heterocycles. The Morgan fingerprint density at radius 1 is 1.11 bits per heavy atom. The molecular weight excluding hydrogens is 342 g/mol. The third-order valence-electron chi connectivity index (χ3n) is 6.48. The summed E-state index contributed by atoms with van der Waals surface area (Å²) in [4.78, 5) is 30.0. The first kappa shape index (κ1) is 18.4. The van der Waals surface area contributed by atoms with Crippen LogP contribution < -0.4 is 10.2 Å². The number of amides is 2. The predicted molar refractivity (Wildman–Crippen MR) is 104 cm³/mol. The van der Waals surface area contributed by atoms with Crippen molar-refractivity contribution in [2.45, 2.75) is 37.7 Å². The van der Waals surface area contributed by atoms with Gasteiger partial charge in [-0.05, 0) is 56.8 Å². The van der Waals surface area contributed by atoms with Crippen molar-refractivity contribution >= 4 is 17.5 Å². The number of fused-ring (bicyclic) bond motifs is 1. The van der Waals surface area contributed by atoms with Crippen LogP contribution >= 0.6 is 0 Å². The summed E-state index contributed by atoms with van der Waals surface area (Å²) in [6.07, 6.45) is 3.84. The van der Waals surface area contributed by atoms with Crippen LogP contribution in [0.2, 0.25) is 0 Å². The first-order valence-corrected chi connectivity index (χ1v) is 10.1. The molecule has 27 heavy (non-hydrogen) atoms. The van der Waals surface area contributed by atoms with E-state index in [1.165, 1.54) is 5.56 Å². The van der Waals surface area contributed by atoms with Gasteiger partial charge in [0.1, 0.15) is 5.60 Å². The van der Waals surface area contributed by atoms with Crippen LogP contribution in [0.25, 0.3) is 0 Å². The van der Waals surface area contributed by atoms with Crippen LogP contribution in [-0.2, 0) is 20.7 Å². The van der Waals surface area contributed by atoms with E-state index < -0.39 is 5.60 Å². The smallest absolute Gasteiger partial charge is 0.254 e. The molecule has 3 heterocycles. The number of likely N-dealkylation sites (tertiary alicyclic amines) is 1. The molecule has 0 radical (unpaired) electrons. The normalized spacial score (nSPS) is 22.6. The lowest BCUT2D eigenvalue weighted by molar-refractivity contribution is -0.160. The van der Waals surface area contributed by atoms with Crippen LogP contribution in [0.1, 0.15) is 31.2 Å². The molecule has 0 spiro atoms. The van der Waals surface area contributed by atoms with Gasteiger partial charge in [0.2, 0.25) is 5.91 Å². The van der Waals surface area contributed by atoms with Crippen LogP contribution in [0.4, 0.5) is 5.69 Å². The van der Waals surface area contributed by atoms with E-state index in [1.807, 2.05) is 28.0 Å². The Hall–Kier alpha value is -1.92. The van der Waals surface area contributed by atoms with Crippen LogP contribution in [0.15, 0.2) is 24.3 Å². The van der Waals surface area contributed by atoms with Crippen LogP contribution in [-0.4, -0.2) is 62.1 Å². The zero-order chi connectivity index (χ0) is 18.9. The first-order valence-electron chi connectivity index (χ1n) is 10.1. The molecule has 4 rings (SSSR count). The fraction of sp³-hybridized carbons (Fsp3) is 0.619. The van der Waals surface area contributed by atoms with Gasteiger partial charge < -0.3 is 19.9 Å². The third-order valence-corrected chi connectivity index (χ3v) is 6.48. The maximum Gasteiger partial charge on any atom is 0.254 e. The monoisotopic (exact) mass is 371 g/mol. The van der Waals surface area contributed by atoms with Gasteiger partial charge in [0.25, 0.3) is 5.91 Å². The summed E-state index contributed by atoms with van der Waals surface area (Å²) in [5.41, 5.74) is 1.64. The Balaban J connectivity index is 1.38. The Kier molecular flexibility index (Phi) is 5.19. The minimum Gasteiger partial charge on any atom is -0.368 e. The van der Waals surface area contributed by atoms with Crippen LogP contribution in [0, 0.1) is 5.92 Å². The number of hydrogen-bond donors (Lipinski definition) is 1. The molecule has 6 nitrogen and oxygen atoms in total. The Bertz CT molecular complexity index is 706. The third kappa shape index (κ3) is 3.36. The summed E-state index contributed by atoms with van der Waals surface area (Å²) >= 11 is 0. The molecule has 0 bridgehead atoms. The number of carbonyl (C=O) groups is 2. The minimum absolute atomic E-state index is 0.00623. The van der Waals surface area contributed by atoms with E-state index in [2.05, 4.69) is 11.4 Å². The van der Waals surface area contributed by atoms with Crippen molar-refractivity contribution in [3.8, 4) is 0 Å². The molecule has 0 aromatic heterocycles. The van der Waals surface area contributed by atoms with Gasteiger partial charge in [-0.3, -0.25) is 9.59 Å². The van der Waals surface area contributed by atoms with Gasteiger partial charge in [0, 0.05) is 38.3 Å². The number of benzene rings is 1. The Labute approximate surface area is 160 Å². The number of rotatable bonds is 3. The van der Waals surface area contributed by atoms with Gasteiger partial charge in [-0.25, -0.2) is 0 Å². The molecule has 3 aliphatic heterocycles. The summed E-state index contributed by atoms with van der Waals surface area (Å²) in [5, 5.41) is 3.29. The molecule has 2 amide bonds. The summed E-state index contributed by atoms with van der Waals surface area (Å²) in [7, 11) is 1.64. The van der Waals surface area contributed by atoms with Crippen molar-refractivity contribution < 1.29 is 14.3 Å². The largest absolute Gasteiger partial charge is 0.368 e. The van der Waals surface area contributed by atoms with Gasteiger partial charge >= 0.3 is 0 Å². The van der Waals surface area contributed by atoms with E-state index in [1.54, 1.807) is 7.11 Å². The average Bonchev–Trinajstić information content (AvgIpc) is 3.17. The lowest BCUT2D eigenvalue weighted by atomic mass is 9.88. The van der Waals surface area contributed by atoms with Crippen molar-refractivity contribution in [3.63, 3.8) is 0 Å². The highest BCUT2D eigenvalue weighted by molar-refractivity contribution is 5.97. The number of nitrogens with one attached hydrogen (secondary N) is 1. The van der Waals surface area contributed by atoms with E-state index in [0.29, 0.717) is 25.9 Å². The molecule has 1 aromatic carbocycles. The molecule has 2 fully saturated rings. The van der Waals surface area contributed by atoms with Gasteiger partial charge in [-0.1, -0.05) is 18.2 Å². The maximum absolute atomic E-state index is 13.1. The topological polar surface area (TPSA) is 61.9 Å². The molecule has 0 aliphatic carbocycles. The molecule has 146 valence electrons. The molecule has 6 heteroatoms. The number of ether oxygens (including phenoxy) is 1. The lowest BCUT2D eigenvalue weighted by Gasteiger charge is -2.41. The number of para-hydroxylation sites is 1. The quantitative estimate of drug-likeness (QED) is 0.876.